The molecule has 29 heavy (non-hydrogen) atoms. The molecule has 1 aliphatic heterocycles. The van der Waals surface area contributed by atoms with Crippen LogP contribution in [0.4, 0.5) is 10.5 Å². The molecule has 1 saturated heterocycles. The van der Waals surface area contributed by atoms with E-state index in [0.29, 0.717) is 48.7 Å². The fourth-order valence-corrected chi connectivity index (χ4v) is 5.04. The van der Waals surface area contributed by atoms with E-state index in [1.54, 1.807) is 25.2 Å². The van der Waals surface area contributed by atoms with E-state index >= 15 is 0 Å². The minimum atomic E-state index is -3.58. The van der Waals surface area contributed by atoms with Crippen LogP contribution < -0.4 is 5.32 Å². The minimum absolute atomic E-state index is 0.284. The lowest BCUT2D eigenvalue weighted by molar-refractivity contribution is -0.864. The van der Waals surface area contributed by atoms with Crippen molar-refractivity contribution in [2.75, 3.05) is 44.8 Å². The number of carbonyl (C=O) groups excluding carboxylic acids is 1. The molecule has 0 spiro atoms. The van der Waals surface area contributed by atoms with Gasteiger partial charge in [0.15, 0.2) is 0 Å². The number of benzene rings is 1. The molecule has 1 aromatic heterocycles. The van der Waals surface area contributed by atoms with Crippen molar-refractivity contribution in [3.8, 4) is 0 Å². The third kappa shape index (κ3) is 5.10. The minimum Gasteiger partial charge on any atom is -0.633 e. The first-order chi connectivity index (χ1) is 13.3. The van der Waals surface area contributed by atoms with Crippen LogP contribution in [-0.2, 0) is 15.4 Å². The molecule has 1 aliphatic rings. The summed E-state index contributed by atoms with van der Waals surface area (Å²) >= 11 is 1.03. The van der Waals surface area contributed by atoms with Gasteiger partial charge in [-0.2, -0.15) is 0 Å². The standard InChI is InChI=1S/C18H27N5O4S2/c1-18(2,3)16-20-14-7-6-13(12-15(14)22(16)29(5,26)27)19-17(24)28-21-8-10-23(4,25)11-9-21/h6-7,12H,8-11H2,1-5H3,(H,19,24). The van der Waals surface area contributed by atoms with Gasteiger partial charge in [0.2, 0.25) is 10.0 Å². The normalized spacial score (nSPS) is 18.1. The van der Waals surface area contributed by atoms with Crippen LogP contribution >= 0.6 is 11.9 Å². The average molecular weight is 442 g/mol. The number of piperazine rings is 1. The van der Waals surface area contributed by atoms with E-state index in [4.69, 9.17) is 0 Å². The molecular formula is C18H27N5O4S2. The zero-order chi connectivity index (χ0) is 21.6. The highest BCUT2D eigenvalue weighted by Crippen LogP contribution is 2.30. The van der Waals surface area contributed by atoms with Crippen molar-refractivity contribution in [3.05, 3.63) is 29.2 Å². The second-order valence-corrected chi connectivity index (χ2v) is 11.5. The van der Waals surface area contributed by atoms with E-state index in [0.717, 1.165) is 18.2 Å². The smallest absolute Gasteiger partial charge is 0.298 e. The monoisotopic (exact) mass is 441 g/mol. The van der Waals surface area contributed by atoms with Gasteiger partial charge in [-0.25, -0.2) is 21.7 Å². The second-order valence-electron chi connectivity index (χ2n) is 8.59. The van der Waals surface area contributed by atoms with Crippen LogP contribution in [0.15, 0.2) is 18.2 Å². The van der Waals surface area contributed by atoms with Gasteiger partial charge in [-0.3, -0.25) is 4.79 Å². The molecule has 0 atom stereocenters. The lowest BCUT2D eigenvalue weighted by Gasteiger charge is -2.44. The number of nitrogens with one attached hydrogen (secondary N) is 1. The Labute approximate surface area is 175 Å². The number of likely N-dealkylation sites (N-methyl/N-ethyl adjacent to an activating group) is 1. The molecule has 1 N–H and O–H groups in total. The molecule has 9 nitrogen and oxygen atoms in total. The molecule has 0 aliphatic carbocycles. The average Bonchev–Trinajstić information content (AvgIpc) is 2.96. The predicted octanol–water partition coefficient (Wildman–Crippen LogP) is 2.58. The number of amides is 1. The maximum absolute atomic E-state index is 12.4. The highest BCUT2D eigenvalue weighted by molar-refractivity contribution is 8.11. The quantitative estimate of drug-likeness (QED) is 0.443. The third-order valence-corrected chi connectivity index (χ3v) is 6.64. The Balaban J connectivity index is 1.83. The lowest BCUT2D eigenvalue weighted by Crippen LogP contribution is -2.52. The Morgan fingerprint density at radius 2 is 1.90 bits per heavy atom. The van der Waals surface area contributed by atoms with E-state index in [-0.39, 0.29) is 9.89 Å². The maximum Gasteiger partial charge on any atom is 0.298 e. The molecule has 0 radical (unpaired) electrons. The predicted molar refractivity (Wildman–Crippen MR) is 116 cm³/mol. The summed E-state index contributed by atoms with van der Waals surface area (Å²) in [7, 11) is -1.95. The molecule has 3 rings (SSSR count). The van der Waals surface area contributed by atoms with Crippen LogP contribution in [0, 0.1) is 5.21 Å². The van der Waals surface area contributed by atoms with Gasteiger partial charge in [0.25, 0.3) is 5.24 Å². The molecule has 0 bridgehead atoms. The van der Waals surface area contributed by atoms with E-state index in [9.17, 15) is 18.4 Å². The number of aromatic nitrogens is 2. The van der Waals surface area contributed by atoms with Crippen LogP contribution in [0.2, 0.25) is 0 Å². The first kappa shape index (κ1) is 22.0. The summed E-state index contributed by atoms with van der Waals surface area (Å²) in [6.07, 6.45) is 1.14. The molecule has 1 aromatic carbocycles. The number of anilines is 1. The molecule has 2 heterocycles. The van der Waals surface area contributed by atoms with Crippen LogP contribution in [0.3, 0.4) is 0 Å². The van der Waals surface area contributed by atoms with Crippen molar-refractivity contribution >= 4 is 43.9 Å². The number of imidazole rings is 1. The number of rotatable bonds is 3. The van der Waals surface area contributed by atoms with Crippen molar-refractivity contribution in [3.63, 3.8) is 0 Å². The van der Waals surface area contributed by atoms with Gasteiger partial charge >= 0.3 is 0 Å². The van der Waals surface area contributed by atoms with Gasteiger partial charge < -0.3 is 15.2 Å². The van der Waals surface area contributed by atoms with Crippen molar-refractivity contribution < 1.29 is 17.9 Å². The van der Waals surface area contributed by atoms with E-state index in [2.05, 4.69) is 10.3 Å². The number of hydrogen-bond donors (Lipinski definition) is 1. The van der Waals surface area contributed by atoms with Gasteiger partial charge in [0.1, 0.15) is 5.82 Å². The highest BCUT2D eigenvalue weighted by Gasteiger charge is 2.28. The Morgan fingerprint density at radius 1 is 1.28 bits per heavy atom. The van der Waals surface area contributed by atoms with Crippen LogP contribution in [0.1, 0.15) is 26.6 Å². The van der Waals surface area contributed by atoms with Gasteiger partial charge in [0.05, 0.1) is 50.5 Å². The number of hydroxylamine groups is 3. The van der Waals surface area contributed by atoms with Crippen LogP contribution in [0.5, 0.6) is 0 Å². The Morgan fingerprint density at radius 3 is 2.45 bits per heavy atom. The summed E-state index contributed by atoms with van der Waals surface area (Å²) in [6, 6.07) is 5.03. The topological polar surface area (TPSA) is 107 Å². The van der Waals surface area contributed by atoms with Gasteiger partial charge in [0, 0.05) is 23.1 Å². The van der Waals surface area contributed by atoms with Crippen molar-refractivity contribution in [1.29, 1.82) is 0 Å². The highest BCUT2D eigenvalue weighted by atomic mass is 32.2. The Kier molecular flexibility index (Phi) is 5.73. The molecule has 11 heteroatoms. The zero-order valence-corrected chi connectivity index (χ0v) is 18.9. The Bertz CT molecular complexity index is 1030. The third-order valence-electron chi connectivity index (χ3n) is 4.72. The van der Waals surface area contributed by atoms with E-state index < -0.39 is 15.4 Å². The van der Waals surface area contributed by atoms with Crippen molar-refractivity contribution in [2.24, 2.45) is 0 Å². The lowest BCUT2D eigenvalue weighted by atomic mass is 9.96. The Hall–Kier alpha value is -1.66. The van der Waals surface area contributed by atoms with Crippen LogP contribution in [-0.4, -0.2) is 71.0 Å². The van der Waals surface area contributed by atoms with E-state index in [1.165, 1.54) is 3.97 Å². The van der Waals surface area contributed by atoms with Gasteiger partial charge in [-0.1, -0.05) is 20.8 Å². The van der Waals surface area contributed by atoms with Crippen LogP contribution in [0.25, 0.3) is 11.0 Å². The molecule has 1 fully saturated rings. The number of fused-ring (bicyclic) bond motifs is 1. The summed E-state index contributed by atoms with van der Waals surface area (Å²) in [5, 5.41) is 14.4. The summed E-state index contributed by atoms with van der Waals surface area (Å²) < 4.78 is 27.7. The SMILES string of the molecule is CC(C)(C)c1nc2ccc(NC(=O)SN3CC[N+](C)([O-])CC3)cc2n1S(C)(=O)=O. The summed E-state index contributed by atoms with van der Waals surface area (Å²) in [5.41, 5.74) is 0.998. The second kappa shape index (κ2) is 7.55. The van der Waals surface area contributed by atoms with Gasteiger partial charge in [-0.05, 0) is 18.2 Å². The molecular weight excluding hydrogens is 414 g/mol. The van der Waals surface area contributed by atoms with Gasteiger partial charge in [-0.15, -0.1) is 0 Å². The van der Waals surface area contributed by atoms with Crippen molar-refractivity contribution in [2.45, 2.75) is 26.2 Å². The molecule has 160 valence electrons. The zero-order valence-electron chi connectivity index (χ0n) is 17.3. The molecule has 0 saturated carbocycles. The fraction of sp³-hybridized carbons (Fsp3) is 0.556. The first-order valence-electron chi connectivity index (χ1n) is 9.29. The number of quaternary nitrogens is 1. The molecule has 0 unspecified atom stereocenters. The number of hydrogen-bond acceptors (Lipinski definition) is 7. The molecule has 1 amide bonds. The van der Waals surface area contributed by atoms with Crippen molar-refractivity contribution in [1.82, 2.24) is 13.3 Å². The maximum atomic E-state index is 12.4. The summed E-state index contributed by atoms with van der Waals surface area (Å²) in [6.45, 7) is 7.66. The van der Waals surface area contributed by atoms with E-state index in [1.807, 2.05) is 25.1 Å². The molecule has 2 aromatic rings. The fourth-order valence-electron chi connectivity index (χ4n) is 3.16. The summed E-state index contributed by atoms with van der Waals surface area (Å²) in [5.74, 6) is 0.444. The number of carbonyl (C=O) groups is 1. The summed E-state index contributed by atoms with van der Waals surface area (Å²) in [4.78, 5) is 16.9. The number of nitrogens with zero attached hydrogens (tertiary/aromatic N) is 4. The largest absolute Gasteiger partial charge is 0.633 e. The first-order valence-corrected chi connectivity index (χ1v) is 11.9.